The van der Waals surface area contributed by atoms with Gasteiger partial charge in [0.05, 0.1) is 12.2 Å². The number of aliphatic imine (C=N–C) groups is 1. The molecule has 0 saturated carbocycles. The predicted octanol–water partition coefficient (Wildman–Crippen LogP) is 1.46. The van der Waals surface area contributed by atoms with Crippen molar-refractivity contribution in [2.45, 2.75) is 16.5 Å². The Bertz CT molecular complexity index is 650. The van der Waals surface area contributed by atoms with Crippen molar-refractivity contribution in [3.63, 3.8) is 0 Å². The van der Waals surface area contributed by atoms with E-state index in [0.717, 1.165) is 27.0 Å². The normalized spacial score (nSPS) is 12.0. The number of nitrogens with one attached hydrogen (secondary N) is 1. The summed E-state index contributed by atoms with van der Waals surface area (Å²) < 4.78 is 0. The van der Waals surface area contributed by atoms with Gasteiger partial charge in [-0.3, -0.25) is 0 Å². The first kappa shape index (κ1) is 11.8. The Labute approximate surface area is 114 Å². The molecule has 0 atom stereocenters. The Kier molecular flexibility index (Phi) is 2.96. The van der Waals surface area contributed by atoms with Crippen LogP contribution in [0.2, 0.25) is 0 Å². The molecule has 1 aromatic carbocycles. The van der Waals surface area contributed by atoms with Crippen LogP contribution < -0.4 is 16.8 Å². The average Bonchev–Trinajstić information content (AvgIpc) is 2.42. The first-order chi connectivity index (χ1) is 9.22. The molecule has 0 spiro atoms. The molecule has 0 unspecified atom stereocenters. The van der Waals surface area contributed by atoms with Crippen LogP contribution in [0.4, 0.5) is 11.5 Å². The molecular weight excluding hydrogens is 260 g/mol. The van der Waals surface area contributed by atoms with E-state index in [0.29, 0.717) is 6.54 Å². The second kappa shape index (κ2) is 4.77. The van der Waals surface area contributed by atoms with Crippen LogP contribution in [0.15, 0.2) is 45.5 Å². The van der Waals surface area contributed by atoms with E-state index in [1.54, 1.807) is 24.2 Å². The van der Waals surface area contributed by atoms with E-state index in [1.165, 1.54) is 0 Å². The summed E-state index contributed by atoms with van der Waals surface area (Å²) in [5, 5.41) is 4.14. The standard InChI is InChI=1S/C12H12N6S/c13-12(14)17-6-7-1-2-9-8(5-7)18-10-11(19-9)16-4-3-15-10/h1-5H,6H2,(H,15,18)(H4,13,14,17). The van der Waals surface area contributed by atoms with E-state index in [1.807, 2.05) is 18.2 Å². The van der Waals surface area contributed by atoms with Crippen LogP contribution in [0.5, 0.6) is 0 Å². The molecule has 19 heavy (non-hydrogen) atoms. The van der Waals surface area contributed by atoms with Gasteiger partial charge in [0.25, 0.3) is 0 Å². The topological polar surface area (TPSA) is 102 Å². The van der Waals surface area contributed by atoms with Crippen LogP contribution in [0.25, 0.3) is 0 Å². The van der Waals surface area contributed by atoms with Gasteiger partial charge in [0.15, 0.2) is 11.8 Å². The van der Waals surface area contributed by atoms with Gasteiger partial charge in [-0.05, 0) is 17.7 Å². The van der Waals surface area contributed by atoms with Crippen molar-refractivity contribution < 1.29 is 0 Å². The average molecular weight is 272 g/mol. The van der Waals surface area contributed by atoms with Crippen molar-refractivity contribution in [2.24, 2.45) is 16.5 Å². The number of anilines is 2. The molecule has 5 N–H and O–H groups in total. The molecule has 1 aromatic heterocycles. The highest BCUT2D eigenvalue weighted by molar-refractivity contribution is 7.99. The highest BCUT2D eigenvalue weighted by atomic mass is 32.2. The zero-order valence-corrected chi connectivity index (χ0v) is 10.8. The quantitative estimate of drug-likeness (QED) is 0.482. The van der Waals surface area contributed by atoms with Gasteiger partial charge >= 0.3 is 0 Å². The van der Waals surface area contributed by atoms with Crippen LogP contribution >= 0.6 is 11.8 Å². The van der Waals surface area contributed by atoms with Gasteiger partial charge in [0.1, 0.15) is 5.03 Å². The summed E-state index contributed by atoms with van der Waals surface area (Å²) in [6.45, 7) is 0.468. The third-order valence-electron chi connectivity index (χ3n) is 2.61. The van der Waals surface area contributed by atoms with Crippen molar-refractivity contribution in [1.82, 2.24) is 9.97 Å². The molecule has 0 saturated heterocycles. The highest BCUT2D eigenvalue weighted by Crippen LogP contribution is 2.41. The van der Waals surface area contributed by atoms with Gasteiger partial charge in [-0.2, -0.15) is 0 Å². The fraction of sp³-hybridized carbons (Fsp3) is 0.0833. The number of nitrogens with zero attached hydrogens (tertiary/aromatic N) is 3. The van der Waals surface area contributed by atoms with E-state index < -0.39 is 0 Å². The minimum absolute atomic E-state index is 0.0938. The smallest absolute Gasteiger partial charge is 0.186 e. The molecule has 0 fully saturated rings. The lowest BCUT2D eigenvalue weighted by Crippen LogP contribution is -2.22. The number of aromatic nitrogens is 2. The fourth-order valence-corrected chi connectivity index (χ4v) is 2.64. The summed E-state index contributed by atoms with van der Waals surface area (Å²) in [7, 11) is 0. The van der Waals surface area contributed by atoms with Crippen LogP contribution in [-0.2, 0) is 6.54 Å². The van der Waals surface area contributed by atoms with E-state index in [4.69, 9.17) is 11.5 Å². The first-order valence-electron chi connectivity index (χ1n) is 5.66. The van der Waals surface area contributed by atoms with Crippen LogP contribution in [0, 0.1) is 0 Å². The Hall–Kier alpha value is -2.28. The summed E-state index contributed by atoms with van der Waals surface area (Å²) in [6.07, 6.45) is 3.35. The van der Waals surface area contributed by atoms with E-state index in [2.05, 4.69) is 20.3 Å². The molecule has 96 valence electrons. The molecule has 1 aliphatic heterocycles. The third-order valence-corrected chi connectivity index (χ3v) is 3.68. The highest BCUT2D eigenvalue weighted by Gasteiger charge is 2.17. The predicted molar refractivity (Wildman–Crippen MR) is 75.4 cm³/mol. The van der Waals surface area contributed by atoms with Crippen molar-refractivity contribution in [2.75, 3.05) is 5.32 Å². The SMILES string of the molecule is NC(N)=NCc1ccc2c(c1)Nc1nccnc1S2. The van der Waals surface area contributed by atoms with Gasteiger partial charge in [0.2, 0.25) is 0 Å². The molecule has 0 aliphatic carbocycles. The second-order valence-electron chi connectivity index (χ2n) is 4.01. The first-order valence-corrected chi connectivity index (χ1v) is 6.48. The molecule has 2 aromatic rings. The maximum atomic E-state index is 5.33. The molecule has 0 radical (unpaired) electrons. The third kappa shape index (κ3) is 2.45. The van der Waals surface area contributed by atoms with Gasteiger partial charge in [0, 0.05) is 17.3 Å². The van der Waals surface area contributed by atoms with Crippen molar-refractivity contribution in [3.8, 4) is 0 Å². The largest absolute Gasteiger partial charge is 0.370 e. The summed E-state index contributed by atoms with van der Waals surface area (Å²) in [4.78, 5) is 13.7. The number of hydrogen-bond acceptors (Lipinski definition) is 5. The number of nitrogens with two attached hydrogens (primary N) is 2. The maximum absolute atomic E-state index is 5.33. The van der Waals surface area contributed by atoms with E-state index >= 15 is 0 Å². The molecule has 1 aliphatic rings. The Morgan fingerprint density at radius 1 is 1.26 bits per heavy atom. The molecule has 6 nitrogen and oxygen atoms in total. The molecule has 2 heterocycles. The Balaban J connectivity index is 1.90. The second-order valence-corrected chi connectivity index (χ2v) is 5.04. The number of guanidine groups is 1. The van der Waals surface area contributed by atoms with Crippen LogP contribution in [0.1, 0.15) is 5.56 Å². The van der Waals surface area contributed by atoms with Crippen molar-refractivity contribution in [1.29, 1.82) is 0 Å². The van der Waals surface area contributed by atoms with Crippen LogP contribution in [-0.4, -0.2) is 15.9 Å². The summed E-state index contributed by atoms with van der Waals surface area (Å²) in [5.41, 5.74) is 12.7. The van der Waals surface area contributed by atoms with Gasteiger partial charge in [-0.15, -0.1) is 0 Å². The summed E-state index contributed by atoms with van der Waals surface area (Å²) >= 11 is 1.59. The number of hydrogen-bond donors (Lipinski definition) is 3. The molecule has 0 bridgehead atoms. The maximum Gasteiger partial charge on any atom is 0.186 e. The Morgan fingerprint density at radius 2 is 2.11 bits per heavy atom. The molecule has 0 amide bonds. The number of benzene rings is 1. The van der Waals surface area contributed by atoms with Crippen LogP contribution in [0.3, 0.4) is 0 Å². The van der Waals surface area contributed by atoms with E-state index in [-0.39, 0.29) is 5.96 Å². The molecule has 3 rings (SSSR count). The minimum atomic E-state index is 0.0938. The summed E-state index contributed by atoms with van der Waals surface area (Å²) in [6, 6.07) is 6.05. The van der Waals surface area contributed by atoms with Crippen molar-refractivity contribution in [3.05, 3.63) is 36.2 Å². The van der Waals surface area contributed by atoms with Gasteiger partial charge in [-0.1, -0.05) is 17.8 Å². The molecular formula is C12H12N6S. The lowest BCUT2D eigenvalue weighted by atomic mass is 10.2. The molecule has 7 heteroatoms. The fourth-order valence-electron chi connectivity index (χ4n) is 1.76. The zero-order chi connectivity index (χ0) is 13.2. The van der Waals surface area contributed by atoms with Gasteiger partial charge in [-0.25, -0.2) is 15.0 Å². The van der Waals surface area contributed by atoms with Gasteiger partial charge < -0.3 is 16.8 Å². The zero-order valence-electron chi connectivity index (χ0n) is 10.00. The monoisotopic (exact) mass is 272 g/mol. The number of rotatable bonds is 2. The minimum Gasteiger partial charge on any atom is -0.370 e. The lowest BCUT2D eigenvalue weighted by molar-refractivity contribution is 1.03. The lowest BCUT2D eigenvalue weighted by Gasteiger charge is -2.19. The Morgan fingerprint density at radius 3 is 2.95 bits per heavy atom. The van der Waals surface area contributed by atoms with Crippen molar-refractivity contribution >= 4 is 29.2 Å². The number of fused-ring (bicyclic) bond motifs is 2. The summed E-state index contributed by atoms with van der Waals surface area (Å²) in [5.74, 6) is 0.871. The van der Waals surface area contributed by atoms with E-state index in [9.17, 15) is 0 Å².